The summed E-state index contributed by atoms with van der Waals surface area (Å²) in [5.74, 6) is 0. The number of hydrogen-bond acceptors (Lipinski definition) is 1. The Bertz CT molecular complexity index is 698. The van der Waals surface area contributed by atoms with Crippen LogP contribution in [0, 0.1) is 0 Å². The predicted octanol–water partition coefficient (Wildman–Crippen LogP) is 3.84. The van der Waals surface area contributed by atoms with E-state index in [9.17, 15) is 0 Å². The first-order chi connectivity index (χ1) is 10.4. The van der Waals surface area contributed by atoms with Gasteiger partial charge in [0.2, 0.25) is 0 Å². The number of nitrogens with one attached hydrogen (secondary N) is 1. The molecule has 108 valence electrons. The van der Waals surface area contributed by atoms with Gasteiger partial charge >= 0.3 is 0 Å². The molecule has 0 aliphatic heterocycles. The van der Waals surface area contributed by atoms with Crippen LogP contribution in [0.3, 0.4) is 0 Å². The van der Waals surface area contributed by atoms with Gasteiger partial charge in [-0.05, 0) is 49.0 Å². The zero-order chi connectivity index (χ0) is 14.5. The van der Waals surface area contributed by atoms with Crippen molar-refractivity contribution in [2.24, 2.45) is 0 Å². The van der Waals surface area contributed by atoms with Crippen LogP contribution in [-0.4, -0.2) is 18.2 Å². The summed E-state index contributed by atoms with van der Waals surface area (Å²) in [6.07, 6.45) is 4.50. The maximum absolute atomic E-state index is 3.23. The average Bonchev–Trinajstić information content (AvgIpc) is 2.93. The lowest BCUT2D eigenvalue weighted by molar-refractivity contribution is 0.723. The monoisotopic (exact) mass is 278 g/mol. The van der Waals surface area contributed by atoms with Crippen LogP contribution in [0.5, 0.6) is 0 Å². The van der Waals surface area contributed by atoms with E-state index in [-0.39, 0.29) is 0 Å². The Labute approximate surface area is 126 Å². The molecule has 0 saturated heterocycles. The summed E-state index contributed by atoms with van der Waals surface area (Å²) in [4.78, 5) is 0. The van der Waals surface area contributed by atoms with Gasteiger partial charge in [0, 0.05) is 12.7 Å². The number of hydrogen-bond donors (Lipinski definition) is 1. The molecule has 2 heteroatoms. The minimum atomic E-state index is 0.938. The van der Waals surface area contributed by atoms with Gasteiger partial charge in [0.25, 0.3) is 0 Å². The van der Waals surface area contributed by atoms with Crippen molar-refractivity contribution in [3.05, 3.63) is 71.9 Å². The van der Waals surface area contributed by atoms with E-state index in [1.54, 1.807) is 0 Å². The SMILES string of the molecule is CNCCCc1cccc2ccn(Cc3ccccc3)c12. The summed E-state index contributed by atoms with van der Waals surface area (Å²) < 4.78 is 2.37. The normalized spacial score (nSPS) is 11.1. The van der Waals surface area contributed by atoms with Gasteiger partial charge in [0.1, 0.15) is 0 Å². The van der Waals surface area contributed by atoms with E-state index in [1.165, 1.54) is 28.5 Å². The third kappa shape index (κ3) is 3.17. The molecule has 0 bridgehead atoms. The molecule has 0 unspecified atom stereocenters. The molecule has 0 fully saturated rings. The Kier molecular flexibility index (Phi) is 4.37. The van der Waals surface area contributed by atoms with E-state index in [2.05, 4.69) is 70.7 Å². The summed E-state index contributed by atoms with van der Waals surface area (Å²) in [7, 11) is 2.01. The summed E-state index contributed by atoms with van der Waals surface area (Å²) in [6.45, 7) is 2.00. The lowest BCUT2D eigenvalue weighted by Gasteiger charge is -2.10. The third-order valence-electron chi connectivity index (χ3n) is 3.94. The van der Waals surface area contributed by atoms with Crippen molar-refractivity contribution >= 4 is 10.9 Å². The van der Waals surface area contributed by atoms with Crippen LogP contribution in [0.1, 0.15) is 17.5 Å². The van der Waals surface area contributed by atoms with Gasteiger partial charge in [-0.2, -0.15) is 0 Å². The third-order valence-corrected chi connectivity index (χ3v) is 3.94. The van der Waals surface area contributed by atoms with Crippen molar-refractivity contribution in [3.8, 4) is 0 Å². The van der Waals surface area contributed by atoms with Crippen LogP contribution in [0.4, 0.5) is 0 Å². The maximum Gasteiger partial charge on any atom is 0.0515 e. The minimum absolute atomic E-state index is 0.938. The molecule has 0 spiro atoms. The highest BCUT2D eigenvalue weighted by molar-refractivity contribution is 5.83. The van der Waals surface area contributed by atoms with Crippen LogP contribution in [0.15, 0.2) is 60.8 Å². The first-order valence-electron chi connectivity index (χ1n) is 7.64. The maximum atomic E-state index is 3.23. The van der Waals surface area contributed by atoms with Gasteiger partial charge in [-0.25, -0.2) is 0 Å². The Balaban J connectivity index is 1.91. The van der Waals surface area contributed by atoms with Crippen LogP contribution < -0.4 is 5.32 Å². The molecule has 0 aliphatic rings. The Hall–Kier alpha value is -2.06. The molecule has 0 amide bonds. The van der Waals surface area contributed by atoms with E-state index in [1.807, 2.05) is 7.05 Å². The Morgan fingerprint density at radius 2 is 1.81 bits per heavy atom. The van der Waals surface area contributed by atoms with Gasteiger partial charge in [-0.3, -0.25) is 0 Å². The van der Waals surface area contributed by atoms with Gasteiger partial charge in [-0.1, -0.05) is 48.5 Å². The van der Waals surface area contributed by atoms with Crippen LogP contribution in [0.25, 0.3) is 10.9 Å². The van der Waals surface area contributed by atoms with Gasteiger partial charge in [0.15, 0.2) is 0 Å². The molecule has 1 heterocycles. The molecule has 21 heavy (non-hydrogen) atoms. The molecule has 2 nitrogen and oxygen atoms in total. The summed E-state index contributed by atoms with van der Waals surface area (Å²) >= 11 is 0. The predicted molar refractivity (Wildman–Crippen MR) is 89.7 cm³/mol. The Morgan fingerprint density at radius 3 is 2.62 bits per heavy atom. The standard InChI is InChI=1S/C19H22N2/c1-20-13-6-11-17-9-5-10-18-12-14-21(19(17)18)15-16-7-3-2-4-8-16/h2-5,7-10,12,14,20H,6,11,13,15H2,1H3. The zero-order valence-corrected chi connectivity index (χ0v) is 12.5. The fourth-order valence-corrected chi connectivity index (χ4v) is 2.91. The zero-order valence-electron chi connectivity index (χ0n) is 12.5. The van der Waals surface area contributed by atoms with Crippen molar-refractivity contribution in [3.63, 3.8) is 0 Å². The Morgan fingerprint density at radius 1 is 0.952 bits per heavy atom. The topological polar surface area (TPSA) is 17.0 Å². The summed E-state index contributed by atoms with van der Waals surface area (Å²) in [5.41, 5.74) is 4.18. The fourth-order valence-electron chi connectivity index (χ4n) is 2.91. The highest BCUT2D eigenvalue weighted by Crippen LogP contribution is 2.22. The highest BCUT2D eigenvalue weighted by Gasteiger charge is 2.06. The molecular formula is C19H22N2. The van der Waals surface area contributed by atoms with E-state index in [4.69, 9.17) is 0 Å². The first-order valence-corrected chi connectivity index (χ1v) is 7.64. The number of para-hydroxylation sites is 1. The van der Waals surface area contributed by atoms with Crippen molar-refractivity contribution in [2.75, 3.05) is 13.6 Å². The molecule has 0 saturated carbocycles. The summed E-state index contributed by atoms with van der Waals surface area (Å²) in [5, 5.41) is 4.57. The second-order valence-electron chi connectivity index (χ2n) is 5.49. The largest absolute Gasteiger partial charge is 0.343 e. The van der Waals surface area contributed by atoms with Crippen molar-refractivity contribution in [1.29, 1.82) is 0 Å². The van der Waals surface area contributed by atoms with Gasteiger partial charge < -0.3 is 9.88 Å². The molecule has 3 aromatic rings. The van der Waals surface area contributed by atoms with E-state index in [0.717, 1.165) is 19.5 Å². The number of nitrogens with zero attached hydrogens (tertiary/aromatic N) is 1. The summed E-state index contributed by atoms with van der Waals surface area (Å²) in [6, 6.07) is 19.5. The molecule has 2 aromatic carbocycles. The highest BCUT2D eigenvalue weighted by atomic mass is 15.0. The lowest BCUT2D eigenvalue weighted by Crippen LogP contribution is -2.09. The fraction of sp³-hybridized carbons (Fsp3) is 0.263. The number of aromatic nitrogens is 1. The van der Waals surface area contributed by atoms with Crippen molar-refractivity contribution in [2.45, 2.75) is 19.4 Å². The number of benzene rings is 2. The molecule has 0 radical (unpaired) electrons. The first kappa shape index (κ1) is 13.9. The van der Waals surface area contributed by atoms with E-state index in [0.29, 0.717) is 0 Å². The number of rotatable bonds is 6. The van der Waals surface area contributed by atoms with Crippen LogP contribution in [-0.2, 0) is 13.0 Å². The second kappa shape index (κ2) is 6.59. The number of aryl methyl sites for hydroxylation is 1. The van der Waals surface area contributed by atoms with E-state index < -0.39 is 0 Å². The quantitative estimate of drug-likeness (QED) is 0.678. The van der Waals surface area contributed by atoms with Gasteiger partial charge in [0.05, 0.1) is 5.52 Å². The number of fused-ring (bicyclic) bond motifs is 1. The second-order valence-corrected chi connectivity index (χ2v) is 5.49. The van der Waals surface area contributed by atoms with Crippen molar-refractivity contribution in [1.82, 2.24) is 9.88 Å². The van der Waals surface area contributed by atoms with Gasteiger partial charge in [-0.15, -0.1) is 0 Å². The molecule has 1 aromatic heterocycles. The smallest absolute Gasteiger partial charge is 0.0515 e. The van der Waals surface area contributed by atoms with Crippen molar-refractivity contribution < 1.29 is 0 Å². The molecular weight excluding hydrogens is 256 g/mol. The average molecular weight is 278 g/mol. The minimum Gasteiger partial charge on any atom is -0.343 e. The molecule has 0 atom stereocenters. The van der Waals surface area contributed by atoms with E-state index >= 15 is 0 Å². The molecule has 0 aliphatic carbocycles. The van der Waals surface area contributed by atoms with Crippen LogP contribution in [0.2, 0.25) is 0 Å². The molecule has 3 rings (SSSR count). The van der Waals surface area contributed by atoms with Crippen LogP contribution >= 0.6 is 0 Å². The lowest BCUT2D eigenvalue weighted by atomic mass is 10.1. The molecule has 1 N–H and O–H groups in total.